The third kappa shape index (κ3) is 2.51. The summed E-state index contributed by atoms with van der Waals surface area (Å²) in [6, 6.07) is 12.7. The van der Waals surface area contributed by atoms with Crippen LogP contribution in [0, 0.1) is 0 Å². The SMILES string of the molecule is COc1cccc(OCc2nc3ccc(N)cc3o2)c1. The lowest BCUT2D eigenvalue weighted by Gasteiger charge is -2.05. The summed E-state index contributed by atoms with van der Waals surface area (Å²) in [5.74, 6) is 1.95. The Kier molecular flexibility index (Phi) is 3.16. The molecule has 102 valence electrons. The van der Waals surface area contributed by atoms with Gasteiger partial charge in [-0.3, -0.25) is 0 Å². The van der Waals surface area contributed by atoms with Crippen molar-refractivity contribution in [2.24, 2.45) is 0 Å². The number of methoxy groups -OCH3 is 1. The molecular weight excluding hydrogens is 256 g/mol. The minimum Gasteiger partial charge on any atom is -0.497 e. The summed E-state index contributed by atoms with van der Waals surface area (Å²) < 4.78 is 16.3. The van der Waals surface area contributed by atoms with Crippen LogP contribution in [0.15, 0.2) is 46.9 Å². The van der Waals surface area contributed by atoms with Crippen LogP contribution in [0.4, 0.5) is 5.69 Å². The molecule has 3 rings (SSSR count). The zero-order valence-electron chi connectivity index (χ0n) is 11.0. The molecule has 1 heterocycles. The molecule has 0 aliphatic heterocycles. The Hall–Kier alpha value is -2.69. The molecule has 1 aromatic heterocycles. The summed E-state index contributed by atoms with van der Waals surface area (Å²) >= 11 is 0. The second kappa shape index (κ2) is 5.13. The number of fused-ring (bicyclic) bond motifs is 1. The minimum absolute atomic E-state index is 0.252. The van der Waals surface area contributed by atoms with E-state index in [-0.39, 0.29) is 6.61 Å². The van der Waals surface area contributed by atoms with Crippen molar-refractivity contribution in [3.63, 3.8) is 0 Å². The van der Waals surface area contributed by atoms with Crippen LogP contribution in [-0.4, -0.2) is 12.1 Å². The highest BCUT2D eigenvalue weighted by Gasteiger charge is 2.07. The molecule has 0 bridgehead atoms. The molecule has 0 saturated carbocycles. The molecule has 0 aliphatic carbocycles. The molecule has 3 aromatic rings. The maximum atomic E-state index is 5.70. The first kappa shape index (κ1) is 12.3. The van der Waals surface area contributed by atoms with E-state index in [1.54, 1.807) is 25.3 Å². The molecule has 5 heteroatoms. The van der Waals surface area contributed by atoms with Crippen LogP contribution in [0.5, 0.6) is 11.5 Å². The van der Waals surface area contributed by atoms with Crippen molar-refractivity contribution < 1.29 is 13.9 Å². The van der Waals surface area contributed by atoms with Crippen molar-refractivity contribution in [2.45, 2.75) is 6.61 Å². The van der Waals surface area contributed by atoms with Crippen molar-refractivity contribution in [1.29, 1.82) is 0 Å². The Morgan fingerprint density at radius 3 is 2.85 bits per heavy atom. The normalized spacial score (nSPS) is 10.7. The molecule has 0 aliphatic rings. The van der Waals surface area contributed by atoms with Gasteiger partial charge in [0.1, 0.15) is 17.0 Å². The minimum atomic E-state index is 0.252. The number of hydrogen-bond donors (Lipinski definition) is 1. The molecule has 0 atom stereocenters. The Balaban J connectivity index is 1.76. The first-order valence-electron chi connectivity index (χ1n) is 6.16. The average Bonchev–Trinajstić information content (AvgIpc) is 2.87. The predicted molar refractivity (Wildman–Crippen MR) is 75.7 cm³/mol. The van der Waals surface area contributed by atoms with Gasteiger partial charge in [-0.05, 0) is 24.3 Å². The van der Waals surface area contributed by atoms with Crippen molar-refractivity contribution in [3.8, 4) is 11.5 Å². The van der Waals surface area contributed by atoms with Gasteiger partial charge in [0.15, 0.2) is 12.2 Å². The van der Waals surface area contributed by atoms with Gasteiger partial charge < -0.3 is 19.6 Å². The summed E-state index contributed by atoms with van der Waals surface area (Å²) in [4.78, 5) is 4.33. The summed E-state index contributed by atoms with van der Waals surface area (Å²) in [6.07, 6.45) is 0. The Labute approximate surface area is 115 Å². The van der Waals surface area contributed by atoms with Gasteiger partial charge in [-0.2, -0.15) is 0 Å². The van der Waals surface area contributed by atoms with Gasteiger partial charge in [-0.25, -0.2) is 4.98 Å². The molecular formula is C15H14N2O3. The molecule has 0 amide bonds. The summed E-state index contributed by atoms with van der Waals surface area (Å²) in [6.45, 7) is 0.252. The van der Waals surface area contributed by atoms with E-state index >= 15 is 0 Å². The van der Waals surface area contributed by atoms with Crippen LogP contribution < -0.4 is 15.2 Å². The van der Waals surface area contributed by atoms with Crippen LogP contribution in [0.3, 0.4) is 0 Å². The Morgan fingerprint density at radius 2 is 2.00 bits per heavy atom. The van der Waals surface area contributed by atoms with Crippen LogP contribution in [0.2, 0.25) is 0 Å². The number of oxazole rings is 1. The van der Waals surface area contributed by atoms with Gasteiger partial charge >= 0.3 is 0 Å². The average molecular weight is 270 g/mol. The van der Waals surface area contributed by atoms with E-state index in [1.165, 1.54) is 0 Å². The lowest BCUT2D eigenvalue weighted by atomic mass is 10.3. The van der Waals surface area contributed by atoms with Gasteiger partial charge in [-0.1, -0.05) is 6.07 Å². The van der Waals surface area contributed by atoms with Gasteiger partial charge in [0.2, 0.25) is 5.89 Å². The van der Waals surface area contributed by atoms with E-state index in [9.17, 15) is 0 Å². The standard InChI is InChI=1S/C15H14N2O3/c1-18-11-3-2-4-12(8-11)19-9-15-17-13-6-5-10(16)7-14(13)20-15/h2-8H,9,16H2,1H3. The first-order valence-corrected chi connectivity index (χ1v) is 6.16. The molecule has 20 heavy (non-hydrogen) atoms. The van der Waals surface area contributed by atoms with Crippen molar-refractivity contribution in [1.82, 2.24) is 4.98 Å². The third-order valence-corrected chi connectivity index (χ3v) is 2.86. The van der Waals surface area contributed by atoms with Crippen molar-refractivity contribution >= 4 is 16.8 Å². The monoisotopic (exact) mass is 270 g/mol. The van der Waals surface area contributed by atoms with Gasteiger partial charge in [0, 0.05) is 17.8 Å². The Morgan fingerprint density at radius 1 is 1.15 bits per heavy atom. The van der Waals surface area contributed by atoms with Crippen molar-refractivity contribution in [2.75, 3.05) is 12.8 Å². The number of nitrogens with two attached hydrogens (primary N) is 1. The molecule has 0 saturated heterocycles. The fourth-order valence-corrected chi connectivity index (χ4v) is 1.89. The van der Waals surface area contributed by atoms with Crippen LogP contribution in [0.25, 0.3) is 11.1 Å². The third-order valence-electron chi connectivity index (χ3n) is 2.86. The quantitative estimate of drug-likeness (QED) is 0.738. The number of nitrogen functional groups attached to an aromatic ring is 1. The van der Waals surface area contributed by atoms with Gasteiger partial charge in [-0.15, -0.1) is 0 Å². The second-order valence-corrected chi connectivity index (χ2v) is 4.30. The summed E-state index contributed by atoms with van der Waals surface area (Å²) in [5, 5.41) is 0. The first-order chi connectivity index (χ1) is 9.74. The number of rotatable bonds is 4. The summed E-state index contributed by atoms with van der Waals surface area (Å²) in [7, 11) is 1.62. The van der Waals surface area contributed by atoms with E-state index in [2.05, 4.69) is 4.98 Å². The molecule has 5 nitrogen and oxygen atoms in total. The van der Waals surface area contributed by atoms with Gasteiger partial charge in [0.05, 0.1) is 7.11 Å². The van der Waals surface area contributed by atoms with E-state index in [0.29, 0.717) is 22.9 Å². The van der Waals surface area contributed by atoms with E-state index in [0.717, 1.165) is 11.3 Å². The number of nitrogens with zero attached hydrogens (tertiary/aromatic N) is 1. The smallest absolute Gasteiger partial charge is 0.233 e. The Bertz CT molecular complexity index is 737. The van der Waals surface area contributed by atoms with E-state index in [1.807, 2.05) is 24.3 Å². The lowest BCUT2D eigenvalue weighted by molar-refractivity contribution is 0.266. The lowest BCUT2D eigenvalue weighted by Crippen LogP contribution is -1.95. The van der Waals surface area contributed by atoms with Crippen LogP contribution in [-0.2, 0) is 6.61 Å². The van der Waals surface area contributed by atoms with E-state index in [4.69, 9.17) is 19.6 Å². The topological polar surface area (TPSA) is 70.5 Å². The van der Waals surface area contributed by atoms with Crippen LogP contribution in [0.1, 0.15) is 5.89 Å². The molecule has 0 spiro atoms. The highest BCUT2D eigenvalue weighted by Crippen LogP contribution is 2.22. The molecule has 2 N–H and O–H groups in total. The second-order valence-electron chi connectivity index (χ2n) is 4.30. The van der Waals surface area contributed by atoms with Crippen LogP contribution >= 0.6 is 0 Å². The summed E-state index contributed by atoms with van der Waals surface area (Å²) in [5.41, 5.74) is 7.77. The molecule has 0 radical (unpaired) electrons. The fourth-order valence-electron chi connectivity index (χ4n) is 1.89. The zero-order valence-corrected chi connectivity index (χ0v) is 11.0. The number of ether oxygens (including phenoxy) is 2. The number of hydrogen-bond acceptors (Lipinski definition) is 5. The molecule has 0 fully saturated rings. The van der Waals surface area contributed by atoms with Crippen molar-refractivity contribution in [3.05, 3.63) is 48.4 Å². The van der Waals surface area contributed by atoms with E-state index < -0.39 is 0 Å². The number of benzene rings is 2. The highest BCUT2D eigenvalue weighted by atomic mass is 16.5. The maximum absolute atomic E-state index is 5.70. The fraction of sp³-hybridized carbons (Fsp3) is 0.133. The highest BCUT2D eigenvalue weighted by molar-refractivity contribution is 5.76. The predicted octanol–water partition coefficient (Wildman–Crippen LogP) is 3.00. The molecule has 0 unspecified atom stereocenters. The maximum Gasteiger partial charge on any atom is 0.233 e. The van der Waals surface area contributed by atoms with Gasteiger partial charge in [0.25, 0.3) is 0 Å². The number of anilines is 1. The number of aromatic nitrogens is 1. The zero-order chi connectivity index (χ0) is 13.9. The molecule has 2 aromatic carbocycles. The largest absolute Gasteiger partial charge is 0.497 e.